The second-order valence-corrected chi connectivity index (χ2v) is 10.2. The van der Waals surface area contributed by atoms with Gasteiger partial charge in [-0.1, -0.05) is 127 Å². The van der Waals surface area contributed by atoms with Crippen molar-refractivity contribution in [2.24, 2.45) is 0 Å². The van der Waals surface area contributed by atoms with Gasteiger partial charge < -0.3 is 4.57 Å². The van der Waals surface area contributed by atoms with E-state index in [1.807, 2.05) is 0 Å². The second kappa shape index (κ2) is 8.72. The van der Waals surface area contributed by atoms with Crippen LogP contribution in [0.3, 0.4) is 0 Å². The zero-order valence-corrected chi connectivity index (χ0v) is 21.4. The lowest BCUT2D eigenvalue weighted by atomic mass is 9.97. The van der Waals surface area contributed by atoms with Crippen molar-refractivity contribution in [3.63, 3.8) is 0 Å². The number of nitrogens with zero attached hydrogens (tertiary/aromatic N) is 1. The van der Waals surface area contributed by atoms with Crippen LogP contribution in [0.4, 0.5) is 0 Å². The third-order valence-electron chi connectivity index (χ3n) is 7.98. The Bertz CT molecular complexity index is 2060. The lowest BCUT2D eigenvalue weighted by Crippen LogP contribution is -1.98. The van der Waals surface area contributed by atoms with Crippen molar-refractivity contribution in [2.75, 3.05) is 0 Å². The van der Waals surface area contributed by atoms with Gasteiger partial charge in [-0.2, -0.15) is 0 Å². The van der Waals surface area contributed by atoms with Crippen LogP contribution >= 0.6 is 0 Å². The lowest BCUT2D eigenvalue weighted by Gasteiger charge is -2.16. The first-order valence-corrected chi connectivity index (χ1v) is 13.5. The van der Waals surface area contributed by atoms with Crippen LogP contribution in [-0.2, 0) is 0 Å². The predicted octanol–water partition coefficient (Wildman–Crippen LogP) is 10.4. The first-order valence-electron chi connectivity index (χ1n) is 13.5. The van der Waals surface area contributed by atoms with Gasteiger partial charge in [-0.3, -0.25) is 0 Å². The third-order valence-corrected chi connectivity index (χ3v) is 7.98. The average molecular weight is 496 g/mol. The van der Waals surface area contributed by atoms with Crippen LogP contribution in [0.5, 0.6) is 0 Å². The van der Waals surface area contributed by atoms with Crippen molar-refractivity contribution >= 4 is 43.4 Å². The Balaban J connectivity index is 1.54. The standard InChI is InChI=1S/C38H25N/c1-3-11-26(12-4-1)30-21-22-34(33(25-30)27-13-5-2-6-14-27)39-35-23-19-28-15-7-9-17-31(28)37(35)38-32-18-10-8-16-29(32)20-24-36(38)39/h1-25H. The minimum atomic E-state index is 1.19. The highest BCUT2D eigenvalue weighted by atomic mass is 15.0. The van der Waals surface area contributed by atoms with Gasteiger partial charge >= 0.3 is 0 Å². The molecule has 0 saturated carbocycles. The first kappa shape index (κ1) is 21.9. The van der Waals surface area contributed by atoms with E-state index in [9.17, 15) is 0 Å². The average Bonchev–Trinajstić information content (AvgIpc) is 3.37. The molecule has 0 unspecified atom stereocenters. The van der Waals surface area contributed by atoms with Crippen LogP contribution < -0.4 is 0 Å². The molecule has 7 aromatic carbocycles. The summed E-state index contributed by atoms with van der Waals surface area (Å²) in [4.78, 5) is 0. The quantitative estimate of drug-likeness (QED) is 0.230. The predicted molar refractivity (Wildman–Crippen MR) is 167 cm³/mol. The van der Waals surface area contributed by atoms with Crippen molar-refractivity contribution in [3.8, 4) is 27.9 Å². The van der Waals surface area contributed by atoms with Crippen LogP contribution in [0, 0.1) is 0 Å². The molecule has 8 rings (SSSR count). The molecule has 0 bridgehead atoms. The maximum atomic E-state index is 2.47. The molecule has 1 heteroatoms. The van der Waals surface area contributed by atoms with Crippen LogP contribution in [0.1, 0.15) is 0 Å². The molecule has 0 N–H and O–H groups in total. The van der Waals surface area contributed by atoms with Gasteiger partial charge in [-0.05, 0) is 62.5 Å². The minimum Gasteiger partial charge on any atom is -0.309 e. The van der Waals surface area contributed by atoms with Gasteiger partial charge in [0.2, 0.25) is 0 Å². The van der Waals surface area contributed by atoms with Gasteiger partial charge in [0.25, 0.3) is 0 Å². The smallest absolute Gasteiger partial charge is 0.0548 e. The normalized spacial score (nSPS) is 11.6. The Morgan fingerprint density at radius 2 is 0.872 bits per heavy atom. The Morgan fingerprint density at radius 1 is 0.359 bits per heavy atom. The molecule has 0 aliphatic heterocycles. The third kappa shape index (κ3) is 3.41. The maximum absolute atomic E-state index is 2.47. The summed E-state index contributed by atoms with van der Waals surface area (Å²) in [5, 5.41) is 7.73. The summed E-state index contributed by atoms with van der Waals surface area (Å²) in [6.07, 6.45) is 0. The van der Waals surface area contributed by atoms with E-state index in [0.717, 1.165) is 0 Å². The molecule has 1 aromatic heterocycles. The van der Waals surface area contributed by atoms with Crippen molar-refractivity contribution < 1.29 is 0 Å². The highest BCUT2D eigenvalue weighted by molar-refractivity contribution is 6.28. The van der Waals surface area contributed by atoms with E-state index in [-0.39, 0.29) is 0 Å². The van der Waals surface area contributed by atoms with Crippen LogP contribution in [0.15, 0.2) is 152 Å². The summed E-state index contributed by atoms with van der Waals surface area (Å²) >= 11 is 0. The first-order chi connectivity index (χ1) is 19.4. The summed E-state index contributed by atoms with van der Waals surface area (Å²) in [5.41, 5.74) is 8.51. The molecular weight excluding hydrogens is 470 g/mol. The Morgan fingerprint density at radius 3 is 1.46 bits per heavy atom. The van der Waals surface area contributed by atoms with E-state index in [4.69, 9.17) is 0 Å². The fourth-order valence-electron chi connectivity index (χ4n) is 6.20. The van der Waals surface area contributed by atoms with E-state index < -0.39 is 0 Å². The lowest BCUT2D eigenvalue weighted by molar-refractivity contribution is 1.18. The number of aromatic nitrogens is 1. The molecule has 0 spiro atoms. The van der Waals surface area contributed by atoms with Crippen molar-refractivity contribution in [1.29, 1.82) is 0 Å². The highest BCUT2D eigenvalue weighted by Gasteiger charge is 2.19. The zero-order valence-electron chi connectivity index (χ0n) is 21.4. The molecule has 0 radical (unpaired) electrons. The number of benzene rings is 7. The molecule has 0 aliphatic carbocycles. The molecule has 0 saturated heterocycles. The molecule has 1 nitrogen and oxygen atoms in total. The highest BCUT2D eigenvalue weighted by Crippen LogP contribution is 2.42. The fourth-order valence-corrected chi connectivity index (χ4v) is 6.20. The van der Waals surface area contributed by atoms with Gasteiger partial charge in [0.1, 0.15) is 0 Å². The topological polar surface area (TPSA) is 4.93 Å². The van der Waals surface area contributed by atoms with Crippen molar-refractivity contribution in [2.45, 2.75) is 0 Å². The molecule has 0 aliphatic rings. The SMILES string of the molecule is c1ccc(-c2ccc(-n3c4ccc5ccccc5c4c4c5ccccc5ccc43)c(-c3ccccc3)c2)cc1. The maximum Gasteiger partial charge on any atom is 0.0548 e. The molecule has 0 atom stereocenters. The Hall–Kier alpha value is -5.14. The van der Waals surface area contributed by atoms with Crippen LogP contribution in [0.2, 0.25) is 0 Å². The fraction of sp³-hybridized carbons (Fsp3) is 0. The summed E-state index contributed by atoms with van der Waals surface area (Å²) in [7, 11) is 0. The summed E-state index contributed by atoms with van der Waals surface area (Å²) in [5.74, 6) is 0. The van der Waals surface area contributed by atoms with Gasteiger partial charge in [0, 0.05) is 16.3 Å². The monoisotopic (exact) mass is 495 g/mol. The summed E-state index contributed by atoms with van der Waals surface area (Å²) < 4.78 is 2.47. The minimum absolute atomic E-state index is 1.19. The molecule has 1 heterocycles. The second-order valence-electron chi connectivity index (χ2n) is 10.2. The number of rotatable bonds is 3. The van der Waals surface area contributed by atoms with Crippen molar-refractivity contribution in [1.82, 2.24) is 4.57 Å². The van der Waals surface area contributed by atoms with E-state index in [1.54, 1.807) is 0 Å². The zero-order chi connectivity index (χ0) is 25.8. The van der Waals surface area contributed by atoms with Crippen LogP contribution in [0.25, 0.3) is 71.3 Å². The van der Waals surface area contributed by atoms with E-state index in [1.165, 1.54) is 71.3 Å². The number of hydrogen-bond acceptors (Lipinski definition) is 0. The molecule has 39 heavy (non-hydrogen) atoms. The summed E-state index contributed by atoms with van der Waals surface area (Å²) in [6.45, 7) is 0. The summed E-state index contributed by atoms with van der Waals surface area (Å²) in [6, 6.07) is 55.0. The number of hydrogen-bond donors (Lipinski definition) is 0. The molecule has 182 valence electrons. The van der Waals surface area contributed by atoms with E-state index in [2.05, 4.69) is 156 Å². The Labute approximate surface area is 227 Å². The molecule has 8 aromatic rings. The van der Waals surface area contributed by atoms with Crippen LogP contribution in [-0.4, -0.2) is 4.57 Å². The van der Waals surface area contributed by atoms with E-state index in [0.29, 0.717) is 0 Å². The largest absolute Gasteiger partial charge is 0.309 e. The molecule has 0 amide bonds. The Kier molecular flexibility index (Phi) is 4.89. The van der Waals surface area contributed by atoms with Gasteiger partial charge in [0.05, 0.1) is 16.7 Å². The molecule has 0 fully saturated rings. The van der Waals surface area contributed by atoms with E-state index >= 15 is 0 Å². The van der Waals surface area contributed by atoms with Gasteiger partial charge in [0.15, 0.2) is 0 Å². The van der Waals surface area contributed by atoms with Crippen molar-refractivity contribution in [3.05, 3.63) is 152 Å². The number of fused-ring (bicyclic) bond motifs is 7. The van der Waals surface area contributed by atoms with Gasteiger partial charge in [-0.25, -0.2) is 0 Å². The molecular formula is C38H25N. The van der Waals surface area contributed by atoms with Gasteiger partial charge in [-0.15, -0.1) is 0 Å².